The lowest BCUT2D eigenvalue weighted by Crippen LogP contribution is -2.21. The highest BCUT2D eigenvalue weighted by atomic mass is 32.2. The van der Waals surface area contributed by atoms with Gasteiger partial charge in [0.25, 0.3) is 0 Å². The van der Waals surface area contributed by atoms with Gasteiger partial charge < -0.3 is 9.13 Å². The molecule has 0 radical (unpaired) electrons. The van der Waals surface area contributed by atoms with Crippen molar-refractivity contribution < 1.29 is 4.21 Å². The Hall–Kier alpha value is -1.50. The molecule has 1 aliphatic carbocycles. The SMILES string of the molecule is Cc1nnc([S@@](=O)Cc2nccn2C)n1[C@H]1CCC[C@H](C)C1. The number of aromatic nitrogens is 5. The summed E-state index contributed by atoms with van der Waals surface area (Å²) in [6.07, 6.45) is 8.33. The lowest BCUT2D eigenvalue weighted by molar-refractivity contribution is 0.267. The Balaban J connectivity index is 1.85. The van der Waals surface area contributed by atoms with Gasteiger partial charge in [-0.3, -0.25) is 4.21 Å². The molecule has 0 aromatic carbocycles. The van der Waals surface area contributed by atoms with E-state index in [2.05, 4.69) is 26.7 Å². The fraction of sp³-hybridized carbons (Fsp3) is 0.667. The van der Waals surface area contributed by atoms with Crippen LogP contribution in [-0.2, 0) is 23.6 Å². The maximum absolute atomic E-state index is 12.8. The standard InChI is InChI=1S/C15H23N5OS/c1-11-5-4-6-13(9-11)20-12(2)17-18-15(20)22(21)10-14-16-7-8-19(14)3/h7-8,11,13H,4-6,9-10H2,1-3H3/t11-,13-,22-/m0/s1. The number of nitrogens with zero attached hydrogens (tertiary/aromatic N) is 5. The maximum Gasteiger partial charge on any atom is 0.222 e. The third-order valence-electron chi connectivity index (χ3n) is 4.49. The molecule has 0 N–H and O–H groups in total. The Morgan fingerprint density at radius 1 is 1.36 bits per heavy atom. The summed E-state index contributed by atoms with van der Waals surface area (Å²) >= 11 is 0. The van der Waals surface area contributed by atoms with Crippen LogP contribution in [0.1, 0.15) is 50.3 Å². The molecule has 7 heteroatoms. The Bertz CT molecular complexity index is 677. The second kappa shape index (κ2) is 6.32. The van der Waals surface area contributed by atoms with Gasteiger partial charge in [0.05, 0.1) is 16.6 Å². The fourth-order valence-electron chi connectivity index (χ4n) is 3.28. The lowest BCUT2D eigenvalue weighted by atomic mass is 9.87. The molecule has 1 fully saturated rings. The molecule has 0 amide bonds. The van der Waals surface area contributed by atoms with Gasteiger partial charge in [-0.25, -0.2) is 4.98 Å². The molecular weight excluding hydrogens is 298 g/mol. The number of aryl methyl sites for hydroxylation is 2. The number of imidazole rings is 1. The summed E-state index contributed by atoms with van der Waals surface area (Å²) in [5, 5.41) is 8.98. The summed E-state index contributed by atoms with van der Waals surface area (Å²) in [6, 6.07) is 0.374. The second-order valence-corrected chi connectivity index (χ2v) is 7.61. The van der Waals surface area contributed by atoms with E-state index >= 15 is 0 Å². The number of hydrogen-bond donors (Lipinski definition) is 0. The van der Waals surface area contributed by atoms with Crippen LogP contribution in [0.4, 0.5) is 0 Å². The third-order valence-corrected chi connectivity index (χ3v) is 5.70. The molecule has 2 heterocycles. The molecule has 3 rings (SSSR count). The highest BCUT2D eigenvalue weighted by Gasteiger charge is 2.27. The molecule has 0 bridgehead atoms. The number of rotatable bonds is 4. The van der Waals surface area contributed by atoms with Gasteiger partial charge in [0.2, 0.25) is 5.16 Å². The van der Waals surface area contributed by atoms with Crippen LogP contribution in [0.15, 0.2) is 17.6 Å². The molecule has 0 saturated heterocycles. The zero-order valence-corrected chi connectivity index (χ0v) is 14.2. The minimum Gasteiger partial charge on any atom is -0.337 e. The first kappa shape index (κ1) is 15.4. The zero-order valence-electron chi connectivity index (χ0n) is 13.4. The summed E-state index contributed by atoms with van der Waals surface area (Å²) < 4.78 is 16.8. The van der Waals surface area contributed by atoms with Crippen LogP contribution in [-0.4, -0.2) is 28.5 Å². The van der Waals surface area contributed by atoms with Crippen molar-refractivity contribution in [3.05, 3.63) is 24.0 Å². The minimum atomic E-state index is -1.22. The normalized spacial score (nSPS) is 23.6. The molecule has 3 atom stereocenters. The smallest absolute Gasteiger partial charge is 0.222 e. The molecule has 0 aliphatic heterocycles. The van der Waals surface area contributed by atoms with Crippen LogP contribution >= 0.6 is 0 Å². The molecule has 22 heavy (non-hydrogen) atoms. The molecule has 2 aromatic heterocycles. The molecular formula is C15H23N5OS. The predicted octanol–water partition coefficient (Wildman–Crippen LogP) is 2.38. The fourth-order valence-corrected chi connectivity index (χ4v) is 4.55. The molecule has 2 aromatic rings. The van der Waals surface area contributed by atoms with Crippen LogP contribution in [0.5, 0.6) is 0 Å². The predicted molar refractivity (Wildman–Crippen MR) is 84.7 cm³/mol. The summed E-state index contributed by atoms with van der Waals surface area (Å²) in [5.74, 6) is 2.76. The van der Waals surface area contributed by atoms with E-state index in [0.29, 0.717) is 22.9 Å². The van der Waals surface area contributed by atoms with Gasteiger partial charge in [-0.2, -0.15) is 0 Å². The van der Waals surface area contributed by atoms with Crippen LogP contribution < -0.4 is 0 Å². The first-order valence-corrected chi connectivity index (χ1v) is 9.14. The Morgan fingerprint density at radius 2 is 2.18 bits per heavy atom. The molecule has 1 aliphatic rings. The van der Waals surface area contributed by atoms with Gasteiger partial charge in [-0.1, -0.05) is 19.8 Å². The Morgan fingerprint density at radius 3 is 2.86 bits per heavy atom. The van der Waals surface area contributed by atoms with Crippen molar-refractivity contribution in [1.29, 1.82) is 0 Å². The maximum atomic E-state index is 12.8. The molecule has 6 nitrogen and oxygen atoms in total. The largest absolute Gasteiger partial charge is 0.337 e. The van der Waals surface area contributed by atoms with E-state index in [1.165, 1.54) is 12.8 Å². The van der Waals surface area contributed by atoms with E-state index in [4.69, 9.17) is 0 Å². The first-order chi connectivity index (χ1) is 10.6. The summed E-state index contributed by atoms with van der Waals surface area (Å²) in [5.41, 5.74) is 0. The highest BCUT2D eigenvalue weighted by Crippen LogP contribution is 2.34. The van der Waals surface area contributed by atoms with Crippen molar-refractivity contribution in [3.63, 3.8) is 0 Å². The Kier molecular flexibility index (Phi) is 4.42. The van der Waals surface area contributed by atoms with E-state index in [1.807, 2.05) is 24.7 Å². The van der Waals surface area contributed by atoms with Crippen molar-refractivity contribution >= 4 is 10.8 Å². The van der Waals surface area contributed by atoms with Crippen molar-refractivity contribution in [1.82, 2.24) is 24.3 Å². The van der Waals surface area contributed by atoms with Crippen LogP contribution in [0.25, 0.3) is 0 Å². The van der Waals surface area contributed by atoms with Crippen LogP contribution in [0.3, 0.4) is 0 Å². The lowest BCUT2D eigenvalue weighted by Gasteiger charge is -2.29. The third kappa shape index (κ3) is 2.99. The van der Waals surface area contributed by atoms with Gasteiger partial charge in [0.15, 0.2) is 0 Å². The molecule has 0 unspecified atom stereocenters. The van der Waals surface area contributed by atoms with Crippen LogP contribution in [0.2, 0.25) is 0 Å². The Labute approximate surface area is 133 Å². The highest BCUT2D eigenvalue weighted by molar-refractivity contribution is 7.84. The van der Waals surface area contributed by atoms with E-state index in [-0.39, 0.29) is 0 Å². The topological polar surface area (TPSA) is 65.6 Å². The summed E-state index contributed by atoms with van der Waals surface area (Å²) in [6.45, 7) is 4.24. The average Bonchev–Trinajstić information content (AvgIpc) is 3.05. The summed E-state index contributed by atoms with van der Waals surface area (Å²) in [4.78, 5) is 4.25. The van der Waals surface area contributed by atoms with Crippen molar-refractivity contribution in [2.75, 3.05) is 0 Å². The van der Waals surface area contributed by atoms with Gasteiger partial charge in [-0.05, 0) is 25.7 Å². The van der Waals surface area contributed by atoms with Crippen LogP contribution in [0, 0.1) is 12.8 Å². The molecule has 1 saturated carbocycles. The van der Waals surface area contributed by atoms with Gasteiger partial charge in [0.1, 0.15) is 11.6 Å². The van der Waals surface area contributed by atoms with Crippen molar-refractivity contribution in [2.45, 2.75) is 56.5 Å². The molecule has 120 valence electrons. The zero-order chi connectivity index (χ0) is 15.7. The van der Waals surface area contributed by atoms with E-state index < -0.39 is 10.8 Å². The van der Waals surface area contributed by atoms with Gasteiger partial charge in [0, 0.05) is 25.5 Å². The van der Waals surface area contributed by atoms with Gasteiger partial charge in [-0.15, -0.1) is 10.2 Å². The quantitative estimate of drug-likeness (QED) is 0.867. The molecule has 0 spiro atoms. The first-order valence-electron chi connectivity index (χ1n) is 7.82. The monoisotopic (exact) mass is 321 g/mol. The average molecular weight is 321 g/mol. The van der Waals surface area contributed by atoms with Crippen molar-refractivity contribution in [3.8, 4) is 0 Å². The summed E-state index contributed by atoms with van der Waals surface area (Å²) in [7, 11) is 0.694. The number of hydrogen-bond acceptors (Lipinski definition) is 4. The van der Waals surface area contributed by atoms with E-state index in [0.717, 1.165) is 24.5 Å². The minimum absolute atomic E-state index is 0.374. The van der Waals surface area contributed by atoms with Crippen molar-refractivity contribution in [2.24, 2.45) is 13.0 Å². The van der Waals surface area contributed by atoms with E-state index in [1.54, 1.807) is 6.20 Å². The second-order valence-electron chi connectivity index (χ2n) is 6.27. The van der Waals surface area contributed by atoms with E-state index in [9.17, 15) is 4.21 Å². The van der Waals surface area contributed by atoms with Gasteiger partial charge >= 0.3 is 0 Å².